The molecule has 0 N–H and O–H groups in total. The van der Waals surface area contributed by atoms with Gasteiger partial charge in [-0.1, -0.05) is 48.5 Å². The Morgan fingerprint density at radius 3 is 2.00 bits per heavy atom. The van der Waals surface area contributed by atoms with Crippen molar-refractivity contribution in [2.75, 3.05) is 0 Å². The molecule has 3 rings (SSSR count). The molecule has 24 heavy (non-hydrogen) atoms. The largest absolute Gasteiger partial charge is 0.423 e. The van der Waals surface area contributed by atoms with Gasteiger partial charge in [0.15, 0.2) is 5.82 Å². The highest BCUT2D eigenvalue weighted by atomic mass is 19.1. The lowest BCUT2D eigenvalue weighted by Crippen LogP contribution is -2.15. The van der Waals surface area contributed by atoms with Crippen LogP contribution in [0, 0.1) is 17.5 Å². The molecule has 0 spiro atoms. The van der Waals surface area contributed by atoms with E-state index in [9.17, 15) is 18.0 Å². The number of carbonyl (C=O) groups excluding carboxylic acids is 1. The molecule has 0 aliphatic rings. The maximum Gasteiger partial charge on any atom is 0.349 e. The van der Waals surface area contributed by atoms with Gasteiger partial charge in [0.05, 0.1) is 5.56 Å². The molecule has 0 aliphatic heterocycles. The summed E-state index contributed by atoms with van der Waals surface area (Å²) >= 11 is 0. The number of rotatable bonds is 3. The summed E-state index contributed by atoms with van der Waals surface area (Å²) in [6, 6.07) is 16.1. The van der Waals surface area contributed by atoms with E-state index in [1.807, 2.05) is 0 Å². The van der Waals surface area contributed by atoms with Crippen molar-refractivity contribution >= 4 is 5.97 Å². The van der Waals surface area contributed by atoms with Crippen LogP contribution >= 0.6 is 0 Å². The fraction of sp³-hybridized carbons (Fsp3) is 0. The van der Waals surface area contributed by atoms with Crippen LogP contribution in [0.2, 0.25) is 0 Å². The summed E-state index contributed by atoms with van der Waals surface area (Å²) in [5.74, 6) is -4.79. The van der Waals surface area contributed by atoms with Crippen molar-refractivity contribution in [1.29, 1.82) is 0 Å². The first-order valence-electron chi connectivity index (χ1n) is 7.08. The van der Waals surface area contributed by atoms with Gasteiger partial charge in [-0.2, -0.15) is 0 Å². The molecule has 0 unspecified atom stereocenters. The van der Waals surface area contributed by atoms with Gasteiger partial charge in [0.25, 0.3) is 0 Å². The number of hydrogen-bond acceptors (Lipinski definition) is 2. The molecule has 2 nitrogen and oxygen atoms in total. The molecule has 0 aromatic heterocycles. The summed E-state index contributed by atoms with van der Waals surface area (Å²) in [6.45, 7) is 0. The Labute approximate surface area is 136 Å². The Morgan fingerprint density at radius 2 is 1.38 bits per heavy atom. The van der Waals surface area contributed by atoms with Crippen molar-refractivity contribution in [3.8, 4) is 16.9 Å². The van der Waals surface area contributed by atoms with Crippen molar-refractivity contribution in [1.82, 2.24) is 0 Å². The predicted octanol–water partition coefficient (Wildman–Crippen LogP) is 4.99. The lowest BCUT2D eigenvalue weighted by molar-refractivity contribution is 0.0724. The van der Waals surface area contributed by atoms with Crippen LogP contribution in [-0.2, 0) is 0 Å². The molecule has 0 saturated carbocycles. The van der Waals surface area contributed by atoms with Crippen molar-refractivity contribution in [3.63, 3.8) is 0 Å². The van der Waals surface area contributed by atoms with Gasteiger partial charge >= 0.3 is 5.97 Å². The SMILES string of the molecule is O=C(Oc1ccccc1)c1c(F)cc(F)c(-c2ccccc2)c1F. The minimum absolute atomic E-state index is 0.131. The summed E-state index contributed by atoms with van der Waals surface area (Å²) in [7, 11) is 0. The first-order chi connectivity index (χ1) is 11.6. The van der Waals surface area contributed by atoms with Gasteiger partial charge in [-0.05, 0) is 17.7 Å². The van der Waals surface area contributed by atoms with Gasteiger partial charge in [-0.3, -0.25) is 0 Å². The van der Waals surface area contributed by atoms with E-state index in [1.165, 1.54) is 24.3 Å². The summed E-state index contributed by atoms with van der Waals surface area (Å²) < 4.78 is 47.6. The van der Waals surface area contributed by atoms with Gasteiger partial charge in [-0.25, -0.2) is 18.0 Å². The summed E-state index contributed by atoms with van der Waals surface area (Å²) in [5.41, 5.74) is -1.21. The van der Waals surface area contributed by atoms with Gasteiger partial charge in [0.2, 0.25) is 0 Å². The number of ether oxygens (including phenoxy) is 1. The highest BCUT2D eigenvalue weighted by Gasteiger charge is 2.26. The second-order valence-electron chi connectivity index (χ2n) is 4.97. The molecule has 0 atom stereocenters. The van der Waals surface area contributed by atoms with Crippen LogP contribution in [0.1, 0.15) is 10.4 Å². The molecule has 0 heterocycles. The number of benzene rings is 3. The molecule has 0 amide bonds. The van der Waals surface area contributed by atoms with E-state index in [2.05, 4.69) is 0 Å². The smallest absolute Gasteiger partial charge is 0.349 e. The molecule has 0 aliphatic carbocycles. The zero-order valence-corrected chi connectivity index (χ0v) is 12.3. The van der Waals surface area contributed by atoms with Crippen molar-refractivity contribution in [2.24, 2.45) is 0 Å². The van der Waals surface area contributed by atoms with Crippen LogP contribution in [0.15, 0.2) is 66.7 Å². The van der Waals surface area contributed by atoms with Gasteiger partial charge in [0.1, 0.15) is 22.9 Å². The Bertz CT molecular complexity index is 878. The molecule has 0 fully saturated rings. The summed E-state index contributed by atoms with van der Waals surface area (Å²) in [6.07, 6.45) is 0. The van der Waals surface area contributed by atoms with Crippen molar-refractivity contribution in [2.45, 2.75) is 0 Å². The lowest BCUT2D eigenvalue weighted by Gasteiger charge is -2.11. The van der Waals surface area contributed by atoms with Crippen LogP contribution in [0.25, 0.3) is 11.1 Å². The molecule has 120 valence electrons. The minimum atomic E-state index is -1.31. The number of hydrogen-bond donors (Lipinski definition) is 0. The topological polar surface area (TPSA) is 26.3 Å². The summed E-state index contributed by atoms with van der Waals surface area (Å²) in [4.78, 5) is 12.1. The van der Waals surface area contributed by atoms with Crippen LogP contribution in [0.5, 0.6) is 5.75 Å². The molecule has 0 radical (unpaired) electrons. The number of para-hydroxylation sites is 1. The van der Waals surface area contributed by atoms with E-state index < -0.39 is 34.5 Å². The van der Waals surface area contributed by atoms with Gasteiger partial charge in [0, 0.05) is 6.07 Å². The molecule has 3 aromatic carbocycles. The third-order valence-electron chi connectivity index (χ3n) is 3.39. The molecule has 0 bridgehead atoms. The highest BCUT2D eigenvalue weighted by Crippen LogP contribution is 2.30. The zero-order chi connectivity index (χ0) is 17.1. The van der Waals surface area contributed by atoms with Gasteiger partial charge < -0.3 is 4.74 Å². The Morgan fingerprint density at radius 1 is 0.792 bits per heavy atom. The maximum atomic E-state index is 14.7. The maximum absolute atomic E-state index is 14.7. The van der Waals surface area contributed by atoms with Gasteiger partial charge in [-0.15, -0.1) is 0 Å². The third-order valence-corrected chi connectivity index (χ3v) is 3.39. The van der Waals surface area contributed by atoms with Crippen LogP contribution < -0.4 is 4.74 Å². The Kier molecular flexibility index (Phi) is 4.33. The van der Waals surface area contributed by atoms with Crippen LogP contribution in [0.4, 0.5) is 13.2 Å². The van der Waals surface area contributed by atoms with Crippen LogP contribution in [0.3, 0.4) is 0 Å². The molecule has 3 aromatic rings. The summed E-state index contributed by atoms with van der Waals surface area (Å²) in [5, 5.41) is 0. The second kappa shape index (κ2) is 6.58. The normalized spacial score (nSPS) is 10.5. The number of halogens is 3. The number of esters is 1. The first kappa shape index (κ1) is 15.8. The lowest BCUT2D eigenvalue weighted by atomic mass is 10.0. The average Bonchev–Trinajstić information content (AvgIpc) is 2.56. The fourth-order valence-corrected chi connectivity index (χ4v) is 2.29. The number of carbonyl (C=O) groups is 1. The quantitative estimate of drug-likeness (QED) is 0.500. The molecular weight excluding hydrogens is 317 g/mol. The van der Waals surface area contributed by atoms with Crippen LogP contribution in [-0.4, -0.2) is 5.97 Å². The van der Waals surface area contributed by atoms with Crippen molar-refractivity contribution < 1.29 is 22.7 Å². The van der Waals surface area contributed by atoms with Crippen molar-refractivity contribution in [3.05, 3.63) is 89.7 Å². The highest BCUT2D eigenvalue weighted by molar-refractivity contribution is 5.93. The molecule has 5 heteroatoms. The first-order valence-corrected chi connectivity index (χ1v) is 7.08. The van der Waals surface area contributed by atoms with E-state index >= 15 is 0 Å². The molecular formula is C19H11F3O2. The monoisotopic (exact) mass is 328 g/mol. The van der Waals surface area contributed by atoms with E-state index in [0.29, 0.717) is 6.07 Å². The van der Waals surface area contributed by atoms with E-state index in [-0.39, 0.29) is 11.3 Å². The van der Waals surface area contributed by atoms with E-state index in [0.717, 1.165) is 0 Å². The average molecular weight is 328 g/mol. The molecule has 0 saturated heterocycles. The third kappa shape index (κ3) is 3.01. The predicted molar refractivity (Wildman–Crippen MR) is 83.2 cm³/mol. The Hall–Kier alpha value is -3.08. The minimum Gasteiger partial charge on any atom is -0.423 e. The zero-order valence-electron chi connectivity index (χ0n) is 12.3. The van der Waals surface area contributed by atoms with E-state index in [4.69, 9.17) is 4.74 Å². The second-order valence-corrected chi connectivity index (χ2v) is 4.97. The van der Waals surface area contributed by atoms with E-state index in [1.54, 1.807) is 36.4 Å². The standard InChI is InChI=1S/C19H11F3O2/c20-14-11-15(21)17(19(23)24-13-9-5-2-6-10-13)18(22)16(14)12-7-3-1-4-8-12/h1-11H. The Balaban J connectivity index is 2.07. The fourth-order valence-electron chi connectivity index (χ4n) is 2.29.